The van der Waals surface area contributed by atoms with Gasteiger partial charge in [0, 0.05) is 11.1 Å². The number of cyclic esters (lactones) is 2. The van der Waals surface area contributed by atoms with Crippen LogP contribution in [0.1, 0.15) is 32.6 Å². The molecule has 13 heavy (non-hydrogen) atoms. The Morgan fingerprint density at radius 2 is 1.54 bits per heavy atom. The fraction of sp³-hybridized carbons (Fsp3) is 0.600. The zero-order valence-corrected chi connectivity index (χ0v) is 7.63. The highest BCUT2D eigenvalue weighted by Crippen LogP contribution is 2.32. The van der Waals surface area contributed by atoms with Crippen LogP contribution in [-0.4, -0.2) is 11.9 Å². The highest BCUT2D eigenvalue weighted by Gasteiger charge is 2.33. The Balaban J connectivity index is 2.27. The lowest BCUT2D eigenvalue weighted by Gasteiger charge is -2.05. The average molecular weight is 180 g/mol. The van der Waals surface area contributed by atoms with E-state index in [1.165, 1.54) is 0 Å². The second-order valence-corrected chi connectivity index (χ2v) is 3.82. The second-order valence-electron chi connectivity index (χ2n) is 3.82. The van der Waals surface area contributed by atoms with E-state index in [1.807, 2.05) is 0 Å². The number of hydrogen-bond donors (Lipinski definition) is 0. The quantitative estimate of drug-likeness (QED) is 0.420. The number of carbonyl (C=O) groups excluding carboxylic acids is 2. The summed E-state index contributed by atoms with van der Waals surface area (Å²) in [5.41, 5.74) is 1.27. The van der Waals surface area contributed by atoms with Gasteiger partial charge in [-0.15, -0.1) is 0 Å². The number of rotatable bonds is 0. The lowest BCUT2D eigenvalue weighted by molar-refractivity contribution is -0.151. The molecule has 2 rings (SSSR count). The van der Waals surface area contributed by atoms with Crippen LogP contribution in [0.2, 0.25) is 0 Å². The van der Waals surface area contributed by atoms with E-state index in [4.69, 9.17) is 0 Å². The number of carbonyl (C=O) groups is 2. The molecular formula is C10H12O3. The summed E-state index contributed by atoms with van der Waals surface area (Å²) >= 11 is 0. The molecule has 0 aromatic heterocycles. The summed E-state index contributed by atoms with van der Waals surface area (Å²) in [6, 6.07) is 0. The molecule has 3 heteroatoms. The summed E-state index contributed by atoms with van der Waals surface area (Å²) in [5, 5.41) is 0. The maximum absolute atomic E-state index is 11.2. The van der Waals surface area contributed by atoms with Crippen LogP contribution in [-0.2, 0) is 14.3 Å². The Morgan fingerprint density at radius 1 is 1.08 bits per heavy atom. The van der Waals surface area contributed by atoms with Gasteiger partial charge in [0.2, 0.25) is 0 Å². The first-order valence-electron chi connectivity index (χ1n) is 4.67. The minimum absolute atomic E-state index is 0.408. The lowest BCUT2D eigenvalue weighted by Crippen LogP contribution is -2.05. The van der Waals surface area contributed by atoms with Gasteiger partial charge in [-0.1, -0.05) is 6.92 Å². The van der Waals surface area contributed by atoms with Crippen molar-refractivity contribution in [1.82, 2.24) is 0 Å². The minimum Gasteiger partial charge on any atom is -0.386 e. The Hall–Kier alpha value is -1.12. The number of esters is 2. The van der Waals surface area contributed by atoms with Crippen LogP contribution >= 0.6 is 0 Å². The van der Waals surface area contributed by atoms with E-state index < -0.39 is 11.9 Å². The molecule has 0 radical (unpaired) electrons. The molecule has 1 heterocycles. The van der Waals surface area contributed by atoms with E-state index in [-0.39, 0.29) is 0 Å². The van der Waals surface area contributed by atoms with Crippen LogP contribution in [0.15, 0.2) is 11.1 Å². The molecule has 0 saturated carbocycles. The van der Waals surface area contributed by atoms with E-state index in [0.29, 0.717) is 29.9 Å². The first-order chi connectivity index (χ1) is 6.18. The summed E-state index contributed by atoms with van der Waals surface area (Å²) in [4.78, 5) is 22.4. The molecule has 1 aliphatic carbocycles. The first kappa shape index (κ1) is 8.48. The smallest absolute Gasteiger partial charge is 0.342 e. The zero-order valence-electron chi connectivity index (χ0n) is 7.63. The third-order valence-electron chi connectivity index (χ3n) is 2.82. The number of hydrogen-bond acceptors (Lipinski definition) is 3. The Labute approximate surface area is 76.8 Å². The van der Waals surface area contributed by atoms with E-state index >= 15 is 0 Å². The third kappa shape index (κ3) is 1.39. The molecule has 1 aliphatic heterocycles. The molecule has 0 spiro atoms. The topological polar surface area (TPSA) is 43.4 Å². The highest BCUT2D eigenvalue weighted by atomic mass is 16.6. The van der Waals surface area contributed by atoms with Crippen molar-refractivity contribution < 1.29 is 14.3 Å². The van der Waals surface area contributed by atoms with Crippen LogP contribution in [0.25, 0.3) is 0 Å². The predicted molar refractivity (Wildman–Crippen MR) is 45.8 cm³/mol. The summed E-state index contributed by atoms with van der Waals surface area (Å²) in [5.74, 6) is -0.214. The summed E-state index contributed by atoms with van der Waals surface area (Å²) in [7, 11) is 0. The van der Waals surface area contributed by atoms with Crippen molar-refractivity contribution in [3.63, 3.8) is 0 Å². The molecule has 0 aromatic rings. The zero-order chi connectivity index (χ0) is 9.42. The van der Waals surface area contributed by atoms with Gasteiger partial charge in [-0.25, -0.2) is 9.59 Å². The Morgan fingerprint density at radius 3 is 2.00 bits per heavy atom. The molecule has 0 N–H and O–H groups in total. The fourth-order valence-electron chi connectivity index (χ4n) is 1.89. The third-order valence-corrected chi connectivity index (χ3v) is 2.82. The van der Waals surface area contributed by atoms with Crippen molar-refractivity contribution >= 4 is 11.9 Å². The van der Waals surface area contributed by atoms with Gasteiger partial charge in [-0.2, -0.15) is 0 Å². The normalized spacial score (nSPS) is 24.4. The SMILES string of the molecule is CC1CCC2=C(CC1)C(=O)OC2=O. The van der Waals surface area contributed by atoms with Crippen LogP contribution in [0, 0.1) is 5.92 Å². The Bertz CT molecular complexity index is 273. The van der Waals surface area contributed by atoms with E-state index in [0.717, 1.165) is 12.8 Å². The van der Waals surface area contributed by atoms with Gasteiger partial charge in [0.25, 0.3) is 0 Å². The molecule has 0 fully saturated rings. The summed E-state index contributed by atoms with van der Waals surface area (Å²) in [6.07, 6.45) is 3.39. The van der Waals surface area contributed by atoms with Crippen molar-refractivity contribution in [3.05, 3.63) is 11.1 Å². The molecule has 3 nitrogen and oxygen atoms in total. The van der Waals surface area contributed by atoms with E-state index in [2.05, 4.69) is 11.7 Å². The van der Waals surface area contributed by atoms with Crippen molar-refractivity contribution in [2.24, 2.45) is 5.92 Å². The molecule has 0 amide bonds. The van der Waals surface area contributed by atoms with Gasteiger partial charge in [0.05, 0.1) is 0 Å². The van der Waals surface area contributed by atoms with Gasteiger partial charge >= 0.3 is 11.9 Å². The maximum Gasteiger partial charge on any atom is 0.342 e. The van der Waals surface area contributed by atoms with E-state index in [9.17, 15) is 9.59 Å². The molecule has 70 valence electrons. The number of ether oxygens (including phenoxy) is 1. The maximum atomic E-state index is 11.2. The second kappa shape index (κ2) is 2.98. The van der Waals surface area contributed by atoms with Gasteiger partial charge in [-0.3, -0.25) is 0 Å². The highest BCUT2D eigenvalue weighted by molar-refractivity contribution is 6.12. The van der Waals surface area contributed by atoms with Gasteiger partial charge in [0.15, 0.2) is 0 Å². The summed E-state index contributed by atoms with van der Waals surface area (Å²) < 4.78 is 4.55. The van der Waals surface area contributed by atoms with Crippen molar-refractivity contribution in [2.45, 2.75) is 32.6 Å². The molecule has 0 aromatic carbocycles. The van der Waals surface area contributed by atoms with E-state index in [1.54, 1.807) is 0 Å². The van der Waals surface area contributed by atoms with Crippen molar-refractivity contribution in [1.29, 1.82) is 0 Å². The average Bonchev–Trinajstić information content (AvgIpc) is 2.27. The van der Waals surface area contributed by atoms with Crippen LogP contribution in [0.3, 0.4) is 0 Å². The van der Waals surface area contributed by atoms with Crippen LogP contribution in [0.5, 0.6) is 0 Å². The minimum atomic E-state index is -0.408. The molecule has 2 aliphatic rings. The standard InChI is InChI=1S/C10H12O3/c1-6-2-4-7-8(5-3-6)10(12)13-9(7)11/h6H,2-5H2,1H3. The van der Waals surface area contributed by atoms with Gasteiger partial charge < -0.3 is 4.74 Å². The monoisotopic (exact) mass is 180 g/mol. The van der Waals surface area contributed by atoms with Crippen LogP contribution < -0.4 is 0 Å². The van der Waals surface area contributed by atoms with Crippen molar-refractivity contribution in [2.75, 3.05) is 0 Å². The molecule has 0 atom stereocenters. The largest absolute Gasteiger partial charge is 0.386 e. The Kier molecular flexibility index (Phi) is 1.94. The van der Waals surface area contributed by atoms with Gasteiger partial charge in [-0.05, 0) is 31.6 Å². The predicted octanol–water partition coefficient (Wildman–Crippen LogP) is 1.58. The first-order valence-corrected chi connectivity index (χ1v) is 4.67. The molecular weight excluding hydrogens is 168 g/mol. The van der Waals surface area contributed by atoms with Crippen LogP contribution in [0.4, 0.5) is 0 Å². The molecule has 0 saturated heterocycles. The van der Waals surface area contributed by atoms with Crippen molar-refractivity contribution in [3.8, 4) is 0 Å². The fourth-order valence-corrected chi connectivity index (χ4v) is 1.89. The van der Waals surface area contributed by atoms with Gasteiger partial charge in [0.1, 0.15) is 0 Å². The molecule has 0 unspecified atom stereocenters. The lowest BCUT2D eigenvalue weighted by atomic mass is 10.0. The summed E-state index contributed by atoms with van der Waals surface area (Å²) in [6.45, 7) is 2.15. The molecule has 0 bridgehead atoms.